The fourth-order valence-corrected chi connectivity index (χ4v) is 3.21. The van der Waals surface area contributed by atoms with Crippen molar-refractivity contribution in [1.82, 2.24) is 15.1 Å². The molecule has 0 aliphatic heterocycles. The van der Waals surface area contributed by atoms with Crippen LogP contribution in [0.3, 0.4) is 0 Å². The summed E-state index contributed by atoms with van der Waals surface area (Å²) in [5.41, 5.74) is 2.30. The second-order valence-electron chi connectivity index (χ2n) is 6.77. The van der Waals surface area contributed by atoms with Gasteiger partial charge in [0.05, 0.1) is 12.2 Å². The molecule has 0 radical (unpaired) electrons. The Bertz CT molecular complexity index is 876. The summed E-state index contributed by atoms with van der Waals surface area (Å²) in [7, 11) is 0. The van der Waals surface area contributed by atoms with Gasteiger partial charge >= 0.3 is 5.97 Å². The lowest BCUT2D eigenvalue weighted by Gasteiger charge is -2.12. The molecule has 1 atom stereocenters. The summed E-state index contributed by atoms with van der Waals surface area (Å²) in [5, 5.41) is 8.26. The Morgan fingerprint density at radius 3 is 2.62 bits per heavy atom. The lowest BCUT2D eigenvalue weighted by atomic mass is 10.2. The first kappa shape index (κ1) is 23.0. The molecule has 1 heterocycles. The number of halogens is 2. The minimum absolute atomic E-state index is 0.0506. The van der Waals surface area contributed by atoms with Gasteiger partial charge < -0.3 is 10.1 Å². The molecule has 1 unspecified atom stereocenters. The highest BCUT2D eigenvalue weighted by Gasteiger charge is 2.13. The third kappa shape index (κ3) is 7.22. The number of carbonyl (C=O) groups is 2. The summed E-state index contributed by atoms with van der Waals surface area (Å²) < 4.78 is 6.62. The van der Waals surface area contributed by atoms with E-state index in [4.69, 9.17) is 27.9 Å². The smallest absolute Gasteiger partial charge is 0.331 e. The third-order valence-electron chi connectivity index (χ3n) is 4.22. The van der Waals surface area contributed by atoms with Gasteiger partial charge in [-0.15, -0.1) is 0 Å². The largest absolute Gasteiger partial charge is 0.452 e. The van der Waals surface area contributed by atoms with Gasteiger partial charge in [0.25, 0.3) is 5.91 Å². The van der Waals surface area contributed by atoms with Gasteiger partial charge in [0.1, 0.15) is 5.15 Å². The molecule has 1 aromatic heterocycles. The number of esters is 1. The zero-order valence-corrected chi connectivity index (χ0v) is 18.3. The third-order valence-corrected chi connectivity index (χ3v) is 4.87. The van der Waals surface area contributed by atoms with Gasteiger partial charge in [-0.2, -0.15) is 5.10 Å². The molecular weight excluding hydrogens is 413 g/mol. The Morgan fingerprint density at radius 2 is 1.97 bits per heavy atom. The van der Waals surface area contributed by atoms with Gasteiger partial charge in [-0.05, 0) is 44.0 Å². The molecule has 0 aliphatic rings. The van der Waals surface area contributed by atoms with Crippen LogP contribution in [0.4, 0.5) is 0 Å². The molecule has 6 nitrogen and oxygen atoms in total. The van der Waals surface area contributed by atoms with Crippen LogP contribution in [-0.2, 0) is 20.9 Å². The maximum atomic E-state index is 11.9. The van der Waals surface area contributed by atoms with Gasteiger partial charge in [-0.3, -0.25) is 4.79 Å². The Balaban J connectivity index is 1.94. The Labute approximate surface area is 180 Å². The second kappa shape index (κ2) is 11.0. The first-order valence-electron chi connectivity index (χ1n) is 9.41. The molecule has 0 fully saturated rings. The van der Waals surface area contributed by atoms with Crippen LogP contribution in [-0.4, -0.2) is 34.3 Å². The number of nitrogens with zero attached hydrogens (tertiary/aromatic N) is 2. The highest BCUT2D eigenvalue weighted by molar-refractivity contribution is 6.31. The lowest BCUT2D eigenvalue weighted by Crippen LogP contribution is -2.35. The zero-order chi connectivity index (χ0) is 21.4. The quantitative estimate of drug-likeness (QED) is 0.465. The molecule has 1 amide bonds. The number of nitrogens with one attached hydrogen (secondary N) is 1. The number of aryl methyl sites for hydroxylation is 1. The monoisotopic (exact) mass is 437 g/mol. The van der Waals surface area contributed by atoms with E-state index in [1.54, 1.807) is 29.8 Å². The molecule has 0 aliphatic carbocycles. The van der Waals surface area contributed by atoms with Gasteiger partial charge in [-0.1, -0.05) is 48.7 Å². The van der Waals surface area contributed by atoms with Crippen LogP contribution >= 0.6 is 23.2 Å². The van der Waals surface area contributed by atoms with Crippen molar-refractivity contribution in [2.75, 3.05) is 6.61 Å². The number of rotatable bonds is 9. The molecule has 0 saturated heterocycles. The highest BCUT2D eigenvalue weighted by atomic mass is 35.5. The van der Waals surface area contributed by atoms with E-state index in [2.05, 4.69) is 10.4 Å². The maximum Gasteiger partial charge on any atom is 0.331 e. The van der Waals surface area contributed by atoms with E-state index in [1.165, 1.54) is 6.08 Å². The van der Waals surface area contributed by atoms with E-state index in [0.29, 0.717) is 28.0 Å². The van der Waals surface area contributed by atoms with Crippen LogP contribution in [0.25, 0.3) is 6.08 Å². The number of benzene rings is 1. The number of aromatic nitrogens is 2. The molecule has 0 saturated carbocycles. The lowest BCUT2D eigenvalue weighted by molar-refractivity contribution is -0.144. The molecule has 29 heavy (non-hydrogen) atoms. The van der Waals surface area contributed by atoms with Gasteiger partial charge in [-0.25, -0.2) is 9.48 Å². The molecule has 0 bridgehead atoms. The Hall–Kier alpha value is -2.31. The number of ether oxygens (including phenoxy) is 1. The standard InChI is InChI=1S/C21H25Cl2N3O3/c1-4-5-14(2)24-19(27)13-29-20(28)11-10-18-15(3)25-26(21(18)23)12-16-6-8-17(22)9-7-16/h6-11,14H,4-5,12-13H2,1-3H3,(H,24,27)/b11-10+. The highest BCUT2D eigenvalue weighted by Crippen LogP contribution is 2.22. The van der Waals surface area contributed by atoms with Gasteiger partial charge in [0, 0.05) is 22.7 Å². The van der Waals surface area contributed by atoms with Crippen LogP contribution in [0.5, 0.6) is 0 Å². The van der Waals surface area contributed by atoms with Gasteiger partial charge in [0.15, 0.2) is 6.61 Å². The predicted molar refractivity (Wildman–Crippen MR) is 115 cm³/mol. The van der Waals surface area contributed by atoms with Crippen LogP contribution in [0.15, 0.2) is 30.3 Å². The summed E-state index contributed by atoms with van der Waals surface area (Å²) in [6.45, 7) is 5.91. The molecule has 0 spiro atoms. The number of hydrogen-bond donors (Lipinski definition) is 1. The van der Waals surface area contributed by atoms with E-state index in [1.807, 2.05) is 26.0 Å². The molecule has 1 aromatic carbocycles. The van der Waals surface area contributed by atoms with Crippen molar-refractivity contribution in [2.45, 2.75) is 46.2 Å². The van der Waals surface area contributed by atoms with Crippen LogP contribution in [0.2, 0.25) is 10.2 Å². The predicted octanol–water partition coefficient (Wildman–Crippen LogP) is 4.41. The average molecular weight is 438 g/mol. The van der Waals surface area contributed by atoms with E-state index < -0.39 is 5.97 Å². The van der Waals surface area contributed by atoms with Crippen molar-refractivity contribution in [1.29, 1.82) is 0 Å². The van der Waals surface area contributed by atoms with Crippen LogP contribution in [0.1, 0.15) is 43.5 Å². The van der Waals surface area contributed by atoms with E-state index in [9.17, 15) is 9.59 Å². The first-order valence-corrected chi connectivity index (χ1v) is 10.2. The average Bonchev–Trinajstić information content (AvgIpc) is 2.93. The minimum Gasteiger partial charge on any atom is -0.452 e. The molecule has 156 valence electrons. The number of amides is 1. The van der Waals surface area contributed by atoms with Crippen molar-refractivity contribution in [3.8, 4) is 0 Å². The molecule has 2 rings (SSSR count). The summed E-state index contributed by atoms with van der Waals surface area (Å²) in [6.07, 6.45) is 4.63. The summed E-state index contributed by atoms with van der Waals surface area (Å²) >= 11 is 12.3. The Morgan fingerprint density at radius 1 is 1.28 bits per heavy atom. The fraction of sp³-hybridized carbons (Fsp3) is 0.381. The van der Waals surface area contributed by atoms with Crippen molar-refractivity contribution in [3.63, 3.8) is 0 Å². The van der Waals surface area contributed by atoms with Crippen molar-refractivity contribution < 1.29 is 14.3 Å². The SMILES string of the molecule is CCCC(C)NC(=O)COC(=O)/C=C/c1c(C)nn(Cc2ccc(Cl)cc2)c1Cl. The molecular formula is C21H25Cl2N3O3. The minimum atomic E-state index is -0.621. The molecule has 1 N–H and O–H groups in total. The van der Waals surface area contributed by atoms with E-state index >= 15 is 0 Å². The number of hydrogen-bond acceptors (Lipinski definition) is 4. The molecule has 8 heteroatoms. The fourth-order valence-electron chi connectivity index (χ4n) is 2.78. The maximum absolute atomic E-state index is 11.9. The summed E-state index contributed by atoms with van der Waals surface area (Å²) in [6, 6.07) is 7.45. The van der Waals surface area contributed by atoms with Crippen LogP contribution < -0.4 is 5.32 Å². The van der Waals surface area contributed by atoms with Crippen LogP contribution in [0, 0.1) is 6.92 Å². The van der Waals surface area contributed by atoms with E-state index in [0.717, 1.165) is 18.4 Å². The summed E-state index contributed by atoms with van der Waals surface area (Å²) in [4.78, 5) is 23.7. The second-order valence-corrected chi connectivity index (χ2v) is 7.57. The van der Waals surface area contributed by atoms with Crippen molar-refractivity contribution >= 4 is 41.2 Å². The summed E-state index contributed by atoms with van der Waals surface area (Å²) in [5.74, 6) is -0.943. The topological polar surface area (TPSA) is 73.2 Å². The zero-order valence-electron chi connectivity index (χ0n) is 16.7. The van der Waals surface area contributed by atoms with Crippen molar-refractivity contribution in [2.24, 2.45) is 0 Å². The molecule has 2 aromatic rings. The Kier molecular flexibility index (Phi) is 8.73. The first-order chi connectivity index (χ1) is 13.8. The normalized spacial score (nSPS) is 12.2. The number of carbonyl (C=O) groups excluding carboxylic acids is 2. The van der Waals surface area contributed by atoms with Gasteiger partial charge in [0.2, 0.25) is 0 Å². The van der Waals surface area contributed by atoms with E-state index in [-0.39, 0.29) is 18.6 Å². The van der Waals surface area contributed by atoms with Crippen molar-refractivity contribution in [3.05, 3.63) is 57.3 Å².